The molecular weight excluding hydrogens is 455 g/mol. The molecule has 0 spiro atoms. The third kappa shape index (κ3) is 4.86. The van der Waals surface area contributed by atoms with Crippen LogP contribution in [0.5, 0.6) is 0 Å². The molecule has 0 atom stereocenters. The number of pyridine rings is 1. The van der Waals surface area contributed by atoms with Crippen LogP contribution in [0.1, 0.15) is 43.7 Å². The summed E-state index contributed by atoms with van der Waals surface area (Å²) in [5.74, 6) is 0. The van der Waals surface area contributed by atoms with E-state index in [2.05, 4.69) is 36.2 Å². The van der Waals surface area contributed by atoms with Gasteiger partial charge in [-0.05, 0) is 46.4 Å². The van der Waals surface area contributed by atoms with Gasteiger partial charge in [-0.15, -0.1) is 0 Å². The van der Waals surface area contributed by atoms with Crippen molar-refractivity contribution >= 4 is 21.5 Å². The Balaban J connectivity index is 1.55. The molecule has 182 valence electrons. The van der Waals surface area contributed by atoms with E-state index in [1.807, 2.05) is 42.5 Å². The Kier molecular flexibility index (Phi) is 6.77. The SMILES string of the molecule is CCCCCCc1ccc(-c2cccc(-c3ncc(C(F)(F)F)c4c3ccc3ccccc34)c2)cc1. The number of halogens is 3. The second-order valence-corrected chi connectivity index (χ2v) is 9.32. The number of hydrogen-bond acceptors (Lipinski definition) is 1. The topological polar surface area (TPSA) is 12.9 Å². The molecule has 0 aliphatic heterocycles. The molecule has 0 N–H and O–H groups in total. The van der Waals surface area contributed by atoms with Crippen LogP contribution in [0.15, 0.2) is 91.1 Å². The van der Waals surface area contributed by atoms with Crippen molar-refractivity contribution in [2.75, 3.05) is 0 Å². The van der Waals surface area contributed by atoms with Crippen molar-refractivity contribution in [3.63, 3.8) is 0 Å². The molecule has 1 nitrogen and oxygen atoms in total. The van der Waals surface area contributed by atoms with Gasteiger partial charge in [-0.3, -0.25) is 4.98 Å². The van der Waals surface area contributed by atoms with Gasteiger partial charge in [0.25, 0.3) is 0 Å². The van der Waals surface area contributed by atoms with E-state index >= 15 is 0 Å². The molecule has 0 amide bonds. The Bertz CT molecular complexity index is 1500. The number of hydrogen-bond donors (Lipinski definition) is 0. The number of aryl methyl sites for hydroxylation is 1. The van der Waals surface area contributed by atoms with Crippen molar-refractivity contribution < 1.29 is 13.2 Å². The molecule has 4 heteroatoms. The maximum absolute atomic E-state index is 14.0. The van der Waals surface area contributed by atoms with Crippen LogP contribution >= 0.6 is 0 Å². The Morgan fingerprint density at radius 2 is 1.47 bits per heavy atom. The molecule has 0 saturated carbocycles. The van der Waals surface area contributed by atoms with Gasteiger partial charge < -0.3 is 0 Å². The number of benzene rings is 4. The molecule has 5 rings (SSSR count). The standard InChI is InChI=1S/C32H28F3N/c1-2-3-4-5-9-22-14-16-23(17-15-22)25-11-8-12-26(20-25)31-28-19-18-24-10-6-7-13-27(24)30(28)29(21-36-31)32(33,34)35/h6-8,10-21H,2-5,9H2,1H3. The zero-order valence-corrected chi connectivity index (χ0v) is 20.3. The number of fused-ring (bicyclic) bond motifs is 3. The summed E-state index contributed by atoms with van der Waals surface area (Å²) in [4.78, 5) is 4.33. The van der Waals surface area contributed by atoms with Gasteiger partial charge in [0.1, 0.15) is 0 Å². The van der Waals surface area contributed by atoms with Gasteiger partial charge >= 0.3 is 6.18 Å². The predicted molar refractivity (Wildman–Crippen MR) is 143 cm³/mol. The molecule has 0 unspecified atom stereocenters. The van der Waals surface area contributed by atoms with Crippen LogP contribution in [0.4, 0.5) is 13.2 Å². The minimum Gasteiger partial charge on any atom is -0.255 e. The minimum atomic E-state index is -4.49. The molecule has 1 aromatic heterocycles. The van der Waals surface area contributed by atoms with Crippen molar-refractivity contribution in [2.24, 2.45) is 0 Å². The molecule has 0 saturated heterocycles. The van der Waals surface area contributed by atoms with Crippen molar-refractivity contribution in [3.8, 4) is 22.4 Å². The van der Waals surface area contributed by atoms with Gasteiger partial charge in [0.05, 0.1) is 11.3 Å². The van der Waals surface area contributed by atoms with Crippen LogP contribution in [-0.4, -0.2) is 4.98 Å². The van der Waals surface area contributed by atoms with Crippen molar-refractivity contribution in [2.45, 2.75) is 45.2 Å². The van der Waals surface area contributed by atoms with Gasteiger partial charge in [-0.1, -0.05) is 105 Å². The first-order valence-corrected chi connectivity index (χ1v) is 12.5. The minimum absolute atomic E-state index is 0.198. The molecule has 36 heavy (non-hydrogen) atoms. The van der Waals surface area contributed by atoms with E-state index in [-0.39, 0.29) is 5.39 Å². The van der Waals surface area contributed by atoms with Gasteiger partial charge in [-0.2, -0.15) is 13.2 Å². The first kappa shape index (κ1) is 24.1. The summed E-state index contributed by atoms with van der Waals surface area (Å²) >= 11 is 0. The van der Waals surface area contributed by atoms with E-state index in [0.29, 0.717) is 16.5 Å². The summed E-state index contributed by atoms with van der Waals surface area (Å²) in [5, 5.41) is 2.05. The summed E-state index contributed by atoms with van der Waals surface area (Å²) in [5.41, 5.74) is 4.07. The maximum Gasteiger partial charge on any atom is 0.418 e. The van der Waals surface area contributed by atoms with Crippen LogP contribution in [0.2, 0.25) is 0 Å². The van der Waals surface area contributed by atoms with Crippen LogP contribution in [-0.2, 0) is 12.6 Å². The Labute approximate surface area is 209 Å². The van der Waals surface area contributed by atoms with Crippen molar-refractivity contribution in [1.29, 1.82) is 0 Å². The first-order chi connectivity index (χ1) is 17.5. The number of unbranched alkanes of at least 4 members (excludes halogenated alkanes) is 3. The zero-order valence-electron chi connectivity index (χ0n) is 20.3. The molecule has 0 bridgehead atoms. The lowest BCUT2D eigenvalue weighted by molar-refractivity contribution is -0.136. The summed E-state index contributed by atoms with van der Waals surface area (Å²) in [6.07, 6.45) is 2.52. The van der Waals surface area contributed by atoms with E-state index in [1.165, 1.54) is 31.2 Å². The lowest BCUT2D eigenvalue weighted by atomic mass is 9.94. The fourth-order valence-electron chi connectivity index (χ4n) is 4.93. The van der Waals surface area contributed by atoms with Gasteiger partial charge in [-0.25, -0.2) is 0 Å². The number of nitrogens with zero attached hydrogens (tertiary/aromatic N) is 1. The van der Waals surface area contributed by atoms with E-state index in [1.54, 1.807) is 18.2 Å². The Hall–Kier alpha value is -3.66. The molecule has 0 fully saturated rings. The second-order valence-electron chi connectivity index (χ2n) is 9.32. The lowest BCUT2D eigenvalue weighted by Crippen LogP contribution is -2.07. The van der Waals surface area contributed by atoms with Crippen molar-refractivity contribution in [3.05, 3.63) is 102 Å². The highest BCUT2D eigenvalue weighted by atomic mass is 19.4. The molecule has 4 aromatic carbocycles. The number of aromatic nitrogens is 1. The maximum atomic E-state index is 14.0. The average Bonchev–Trinajstić information content (AvgIpc) is 2.90. The Morgan fingerprint density at radius 1 is 0.694 bits per heavy atom. The average molecular weight is 484 g/mol. The summed E-state index contributed by atoms with van der Waals surface area (Å²) in [6.45, 7) is 2.22. The highest BCUT2D eigenvalue weighted by Crippen LogP contribution is 2.41. The molecule has 0 radical (unpaired) electrons. The highest BCUT2D eigenvalue weighted by Gasteiger charge is 2.34. The van der Waals surface area contributed by atoms with E-state index in [9.17, 15) is 13.2 Å². The largest absolute Gasteiger partial charge is 0.418 e. The Morgan fingerprint density at radius 3 is 2.25 bits per heavy atom. The van der Waals surface area contributed by atoms with Crippen LogP contribution < -0.4 is 0 Å². The van der Waals surface area contributed by atoms with Gasteiger partial charge in [0, 0.05) is 22.5 Å². The smallest absolute Gasteiger partial charge is 0.255 e. The van der Waals surface area contributed by atoms with Crippen LogP contribution in [0, 0.1) is 0 Å². The molecular formula is C32H28F3N. The lowest BCUT2D eigenvalue weighted by Gasteiger charge is -2.16. The molecule has 5 aromatic rings. The third-order valence-corrected chi connectivity index (χ3v) is 6.82. The summed E-state index contributed by atoms with van der Waals surface area (Å²) in [7, 11) is 0. The zero-order chi connectivity index (χ0) is 25.1. The molecule has 0 aliphatic carbocycles. The molecule has 0 aliphatic rings. The third-order valence-electron chi connectivity index (χ3n) is 6.82. The van der Waals surface area contributed by atoms with Gasteiger partial charge in [0.2, 0.25) is 0 Å². The first-order valence-electron chi connectivity index (χ1n) is 12.5. The van der Waals surface area contributed by atoms with Crippen molar-refractivity contribution in [1.82, 2.24) is 4.98 Å². The molecule has 1 heterocycles. The highest BCUT2D eigenvalue weighted by molar-refractivity contribution is 6.13. The fraction of sp³-hybridized carbons (Fsp3) is 0.219. The monoisotopic (exact) mass is 483 g/mol. The predicted octanol–water partition coefficient (Wildman–Crippen LogP) is 9.86. The number of rotatable bonds is 7. The van der Waals surface area contributed by atoms with Crippen LogP contribution in [0.25, 0.3) is 43.9 Å². The van der Waals surface area contributed by atoms with E-state index < -0.39 is 11.7 Å². The van der Waals surface area contributed by atoms with E-state index in [0.717, 1.165) is 34.7 Å². The summed E-state index contributed by atoms with van der Waals surface area (Å²) in [6, 6.07) is 27.3. The second kappa shape index (κ2) is 10.1. The van der Waals surface area contributed by atoms with Crippen LogP contribution in [0.3, 0.4) is 0 Å². The quantitative estimate of drug-likeness (QED) is 0.166. The normalized spacial score (nSPS) is 11.9. The van der Waals surface area contributed by atoms with Gasteiger partial charge in [0.15, 0.2) is 0 Å². The fourth-order valence-corrected chi connectivity index (χ4v) is 4.93. The number of alkyl halides is 3. The summed E-state index contributed by atoms with van der Waals surface area (Å²) < 4.78 is 41.9. The van der Waals surface area contributed by atoms with E-state index in [4.69, 9.17) is 0 Å².